The van der Waals surface area contributed by atoms with Crippen LogP contribution in [-0.2, 0) is 6.42 Å². The first-order chi connectivity index (χ1) is 5.65. The molecule has 0 aliphatic carbocycles. The highest BCUT2D eigenvalue weighted by atomic mass is 35.5. The van der Waals surface area contributed by atoms with Gasteiger partial charge >= 0.3 is 0 Å². The number of hydrogen-bond acceptors (Lipinski definition) is 1. The fourth-order valence-electron chi connectivity index (χ4n) is 0.911. The molecule has 1 rings (SSSR count). The van der Waals surface area contributed by atoms with Crippen molar-refractivity contribution in [2.45, 2.75) is 6.42 Å². The van der Waals surface area contributed by atoms with Gasteiger partial charge in [-0.1, -0.05) is 11.6 Å². The van der Waals surface area contributed by atoms with Crippen molar-refractivity contribution < 1.29 is 8.78 Å². The Bertz CT molecular complexity index is 292. The lowest BCUT2D eigenvalue weighted by atomic mass is 10.1. The molecule has 0 heterocycles. The maximum Gasteiger partial charge on any atom is 0.144 e. The van der Waals surface area contributed by atoms with Crippen molar-refractivity contribution in [2.24, 2.45) is 5.73 Å². The van der Waals surface area contributed by atoms with Gasteiger partial charge in [0.25, 0.3) is 0 Å². The summed E-state index contributed by atoms with van der Waals surface area (Å²) in [5.41, 5.74) is 5.56. The second-order valence-electron chi connectivity index (χ2n) is 2.40. The summed E-state index contributed by atoms with van der Waals surface area (Å²) in [6.45, 7) is 0.318. The van der Waals surface area contributed by atoms with Gasteiger partial charge in [0.2, 0.25) is 0 Å². The maximum atomic E-state index is 12.9. The molecule has 74 valence electrons. The van der Waals surface area contributed by atoms with Gasteiger partial charge in [-0.25, -0.2) is 8.78 Å². The number of hydrogen-bond donors (Lipinski definition) is 1. The van der Waals surface area contributed by atoms with Crippen molar-refractivity contribution in [1.29, 1.82) is 0 Å². The van der Waals surface area contributed by atoms with Crippen LogP contribution in [0.5, 0.6) is 0 Å². The quantitative estimate of drug-likeness (QED) is 0.773. The molecule has 0 bridgehead atoms. The van der Waals surface area contributed by atoms with Gasteiger partial charge < -0.3 is 5.73 Å². The lowest BCUT2D eigenvalue weighted by molar-refractivity contribution is 0.572. The summed E-state index contributed by atoms with van der Waals surface area (Å²) in [5.74, 6) is -1.34. The number of nitrogens with two attached hydrogens (primary N) is 1. The van der Waals surface area contributed by atoms with Gasteiger partial charge in [-0.3, -0.25) is 0 Å². The molecule has 1 aromatic carbocycles. The molecule has 0 amide bonds. The second kappa shape index (κ2) is 5.37. The van der Waals surface area contributed by atoms with Gasteiger partial charge in [0, 0.05) is 6.07 Å². The summed E-state index contributed by atoms with van der Waals surface area (Å²) in [4.78, 5) is 0. The fourth-order valence-corrected chi connectivity index (χ4v) is 1.10. The Balaban J connectivity index is 0.00000144. The van der Waals surface area contributed by atoms with E-state index in [1.807, 2.05) is 0 Å². The molecule has 0 spiro atoms. The van der Waals surface area contributed by atoms with Crippen LogP contribution >= 0.6 is 24.0 Å². The van der Waals surface area contributed by atoms with E-state index in [1.54, 1.807) is 0 Å². The number of benzene rings is 1. The highest BCUT2D eigenvalue weighted by Gasteiger charge is 2.06. The van der Waals surface area contributed by atoms with Crippen LogP contribution in [0.2, 0.25) is 5.02 Å². The Hall–Kier alpha value is -0.380. The molecule has 0 saturated carbocycles. The first-order valence-electron chi connectivity index (χ1n) is 3.48. The number of halogens is 4. The topological polar surface area (TPSA) is 26.0 Å². The second-order valence-corrected chi connectivity index (χ2v) is 2.80. The lowest BCUT2D eigenvalue weighted by Gasteiger charge is -2.02. The highest BCUT2D eigenvalue weighted by molar-refractivity contribution is 6.30. The van der Waals surface area contributed by atoms with Gasteiger partial charge in [-0.2, -0.15) is 0 Å². The van der Waals surface area contributed by atoms with E-state index < -0.39 is 11.6 Å². The molecule has 0 aliphatic rings. The Morgan fingerprint density at radius 3 is 2.38 bits per heavy atom. The van der Waals surface area contributed by atoms with Crippen LogP contribution in [0.1, 0.15) is 5.56 Å². The minimum atomic E-state index is -0.741. The predicted molar refractivity (Wildman–Crippen MR) is 51.4 cm³/mol. The zero-order chi connectivity index (χ0) is 9.14. The van der Waals surface area contributed by atoms with E-state index in [4.69, 9.17) is 17.3 Å². The van der Waals surface area contributed by atoms with Crippen molar-refractivity contribution >= 4 is 24.0 Å². The molecular formula is C8H9Cl2F2N. The van der Waals surface area contributed by atoms with Gasteiger partial charge in [0.05, 0.1) is 5.02 Å². The zero-order valence-electron chi connectivity index (χ0n) is 6.69. The minimum Gasteiger partial charge on any atom is -0.330 e. The van der Waals surface area contributed by atoms with Crippen LogP contribution in [0.3, 0.4) is 0 Å². The molecule has 1 aromatic rings. The van der Waals surface area contributed by atoms with Crippen LogP contribution in [0, 0.1) is 11.6 Å². The Morgan fingerprint density at radius 1 is 1.23 bits per heavy atom. The highest BCUT2D eigenvalue weighted by Crippen LogP contribution is 2.19. The van der Waals surface area contributed by atoms with Crippen LogP contribution in [0.4, 0.5) is 8.78 Å². The SMILES string of the molecule is Cl.NCCc1cc(Cl)c(F)cc1F. The van der Waals surface area contributed by atoms with E-state index >= 15 is 0 Å². The molecule has 0 aromatic heterocycles. The third kappa shape index (κ3) is 3.10. The molecule has 0 saturated heterocycles. The fraction of sp³-hybridized carbons (Fsp3) is 0.250. The molecule has 0 unspecified atom stereocenters. The van der Waals surface area contributed by atoms with Crippen LogP contribution < -0.4 is 5.73 Å². The minimum absolute atomic E-state index is 0. The van der Waals surface area contributed by atoms with E-state index in [9.17, 15) is 8.78 Å². The Morgan fingerprint density at radius 2 is 1.85 bits per heavy atom. The molecule has 13 heavy (non-hydrogen) atoms. The summed E-state index contributed by atoms with van der Waals surface area (Å²) >= 11 is 5.44. The van der Waals surface area contributed by atoms with Crippen molar-refractivity contribution in [3.63, 3.8) is 0 Å². The molecule has 0 atom stereocenters. The van der Waals surface area contributed by atoms with Crippen molar-refractivity contribution in [2.75, 3.05) is 6.54 Å². The van der Waals surface area contributed by atoms with E-state index in [0.717, 1.165) is 6.07 Å². The Labute approximate surface area is 86.3 Å². The molecule has 0 aliphatic heterocycles. The van der Waals surface area contributed by atoms with E-state index in [1.165, 1.54) is 6.07 Å². The molecular weight excluding hydrogens is 219 g/mol. The van der Waals surface area contributed by atoms with E-state index in [2.05, 4.69) is 0 Å². The first-order valence-corrected chi connectivity index (χ1v) is 3.86. The molecule has 0 radical (unpaired) electrons. The summed E-state index contributed by atoms with van der Waals surface area (Å²) < 4.78 is 25.5. The average Bonchev–Trinajstić information content (AvgIpc) is 2.01. The maximum absolute atomic E-state index is 12.9. The lowest BCUT2D eigenvalue weighted by Crippen LogP contribution is -2.04. The van der Waals surface area contributed by atoms with Crippen LogP contribution in [0.15, 0.2) is 12.1 Å². The van der Waals surface area contributed by atoms with Gasteiger partial charge in [-0.15, -0.1) is 12.4 Å². The smallest absolute Gasteiger partial charge is 0.144 e. The van der Waals surface area contributed by atoms with Gasteiger partial charge in [-0.05, 0) is 24.6 Å². The summed E-state index contributed by atoms with van der Waals surface area (Å²) in [6, 6.07) is 2.03. The Kier molecular flexibility index (Phi) is 5.21. The standard InChI is InChI=1S/C8H8ClF2N.ClH/c9-6-3-5(1-2-12)7(10)4-8(6)11;/h3-4H,1-2,12H2;1H. The molecule has 0 fully saturated rings. The predicted octanol–water partition coefficient (Wildman–Crippen LogP) is 2.54. The average molecular weight is 228 g/mol. The largest absolute Gasteiger partial charge is 0.330 e. The third-order valence-electron chi connectivity index (χ3n) is 1.50. The van der Waals surface area contributed by atoms with E-state index in [0.29, 0.717) is 18.5 Å². The monoisotopic (exact) mass is 227 g/mol. The van der Waals surface area contributed by atoms with Crippen molar-refractivity contribution in [3.05, 3.63) is 34.4 Å². The third-order valence-corrected chi connectivity index (χ3v) is 1.79. The summed E-state index contributed by atoms with van der Waals surface area (Å²) in [7, 11) is 0. The summed E-state index contributed by atoms with van der Waals surface area (Å²) in [6.07, 6.45) is 0.367. The van der Waals surface area contributed by atoms with Crippen LogP contribution in [-0.4, -0.2) is 6.54 Å². The molecule has 5 heteroatoms. The van der Waals surface area contributed by atoms with Crippen molar-refractivity contribution in [3.8, 4) is 0 Å². The van der Waals surface area contributed by atoms with Crippen LogP contribution in [0.25, 0.3) is 0 Å². The molecule has 1 nitrogen and oxygen atoms in total. The van der Waals surface area contributed by atoms with E-state index in [-0.39, 0.29) is 17.4 Å². The summed E-state index contributed by atoms with van der Waals surface area (Å²) in [5, 5.41) is -0.0696. The first kappa shape index (κ1) is 12.6. The van der Waals surface area contributed by atoms with Crippen molar-refractivity contribution in [1.82, 2.24) is 0 Å². The zero-order valence-corrected chi connectivity index (χ0v) is 8.26. The van der Waals surface area contributed by atoms with Gasteiger partial charge in [0.15, 0.2) is 0 Å². The number of rotatable bonds is 2. The molecule has 2 N–H and O–H groups in total. The van der Waals surface area contributed by atoms with Gasteiger partial charge in [0.1, 0.15) is 11.6 Å². The normalized spacial score (nSPS) is 9.54.